The molecule has 0 N–H and O–H groups in total. The molecule has 0 bridgehead atoms. The van der Waals surface area contributed by atoms with Gasteiger partial charge in [0.05, 0.1) is 7.11 Å². The standard InChI is InChI=1S/C20H18O2/c1-22-19-11-7-16(8-12-19)14-18-10-9-17(20(18)21)13-15-5-3-2-4-6-15/h2-8,11-14H,9-10H2,1H3/b17-13-,18-14+. The molecule has 2 aromatic carbocycles. The smallest absolute Gasteiger partial charge is 0.185 e. The first-order chi connectivity index (χ1) is 10.8. The van der Waals surface area contributed by atoms with Crippen LogP contribution in [0.2, 0.25) is 0 Å². The maximum absolute atomic E-state index is 12.5. The fourth-order valence-corrected chi connectivity index (χ4v) is 2.63. The van der Waals surface area contributed by atoms with Crippen molar-refractivity contribution in [2.24, 2.45) is 0 Å². The molecule has 2 nitrogen and oxygen atoms in total. The summed E-state index contributed by atoms with van der Waals surface area (Å²) in [6, 6.07) is 17.7. The van der Waals surface area contributed by atoms with E-state index in [1.54, 1.807) is 7.11 Å². The first kappa shape index (κ1) is 14.3. The van der Waals surface area contributed by atoms with Crippen molar-refractivity contribution >= 4 is 17.9 Å². The lowest BCUT2D eigenvalue weighted by molar-refractivity contribution is -0.111. The van der Waals surface area contributed by atoms with E-state index in [9.17, 15) is 4.79 Å². The molecule has 3 rings (SSSR count). The highest BCUT2D eigenvalue weighted by Gasteiger charge is 2.22. The van der Waals surface area contributed by atoms with Gasteiger partial charge in [0, 0.05) is 11.1 Å². The summed E-state index contributed by atoms with van der Waals surface area (Å²) in [5.74, 6) is 0.990. The fourth-order valence-electron chi connectivity index (χ4n) is 2.63. The van der Waals surface area contributed by atoms with Crippen molar-refractivity contribution in [3.63, 3.8) is 0 Å². The van der Waals surface area contributed by atoms with Gasteiger partial charge in [-0.15, -0.1) is 0 Å². The van der Waals surface area contributed by atoms with Gasteiger partial charge in [-0.05, 0) is 48.3 Å². The molecule has 22 heavy (non-hydrogen) atoms. The Morgan fingerprint density at radius 1 is 0.818 bits per heavy atom. The largest absolute Gasteiger partial charge is 0.497 e. The van der Waals surface area contributed by atoms with Crippen LogP contribution in [-0.4, -0.2) is 12.9 Å². The number of rotatable bonds is 3. The highest BCUT2D eigenvalue weighted by molar-refractivity contribution is 6.15. The van der Waals surface area contributed by atoms with Gasteiger partial charge in [0.2, 0.25) is 0 Å². The maximum Gasteiger partial charge on any atom is 0.185 e. The van der Waals surface area contributed by atoms with E-state index in [0.29, 0.717) is 0 Å². The summed E-state index contributed by atoms with van der Waals surface area (Å²) in [5, 5.41) is 0. The van der Waals surface area contributed by atoms with Crippen LogP contribution < -0.4 is 4.74 Å². The quantitative estimate of drug-likeness (QED) is 0.777. The van der Waals surface area contributed by atoms with Gasteiger partial charge in [-0.25, -0.2) is 0 Å². The number of hydrogen-bond donors (Lipinski definition) is 0. The molecule has 0 heterocycles. The normalized spacial score (nSPS) is 18.1. The summed E-state index contributed by atoms with van der Waals surface area (Å²) in [6.45, 7) is 0. The Hall–Kier alpha value is -2.61. The Morgan fingerprint density at radius 3 is 1.91 bits per heavy atom. The number of ether oxygens (including phenoxy) is 1. The molecule has 0 saturated heterocycles. The lowest BCUT2D eigenvalue weighted by atomic mass is 10.1. The molecule has 0 radical (unpaired) electrons. The summed E-state index contributed by atoms with van der Waals surface area (Å²) >= 11 is 0. The van der Waals surface area contributed by atoms with Gasteiger partial charge in [-0.2, -0.15) is 0 Å². The van der Waals surface area contributed by atoms with E-state index in [1.807, 2.05) is 66.7 Å². The zero-order chi connectivity index (χ0) is 15.4. The van der Waals surface area contributed by atoms with Crippen LogP contribution in [0, 0.1) is 0 Å². The van der Waals surface area contributed by atoms with Crippen LogP contribution in [0.3, 0.4) is 0 Å². The highest BCUT2D eigenvalue weighted by atomic mass is 16.5. The first-order valence-electron chi connectivity index (χ1n) is 7.41. The van der Waals surface area contributed by atoms with E-state index >= 15 is 0 Å². The van der Waals surface area contributed by atoms with E-state index in [-0.39, 0.29) is 5.78 Å². The Kier molecular flexibility index (Phi) is 4.19. The Morgan fingerprint density at radius 2 is 1.36 bits per heavy atom. The average Bonchev–Trinajstić information content (AvgIpc) is 2.90. The zero-order valence-electron chi connectivity index (χ0n) is 12.6. The van der Waals surface area contributed by atoms with Crippen molar-refractivity contribution in [1.82, 2.24) is 0 Å². The highest BCUT2D eigenvalue weighted by Crippen LogP contribution is 2.29. The molecule has 1 aliphatic rings. The van der Waals surface area contributed by atoms with Crippen LogP contribution in [0.1, 0.15) is 24.0 Å². The van der Waals surface area contributed by atoms with E-state index in [4.69, 9.17) is 4.74 Å². The molecule has 1 saturated carbocycles. The maximum atomic E-state index is 12.5. The molecule has 2 aromatic rings. The van der Waals surface area contributed by atoms with E-state index in [1.165, 1.54) is 0 Å². The van der Waals surface area contributed by atoms with Crippen molar-refractivity contribution in [1.29, 1.82) is 0 Å². The van der Waals surface area contributed by atoms with Crippen molar-refractivity contribution in [3.8, 4) is 5.75 Å². The van der Waals surface area contributed by atoms with Crippen LogP contribution in [0.4, 0.5) is 0 Å². The van der Waals surface area contributed by atoms with Gasteiger partial charge in [-0.1, -0.05) is 42.5 Å². The first-order valence-corrected chi connectivity index (χ1v) is 7.41. The SMILES string of the molecule is COc1ccc(/C=C2\CC/C(=C/c3ccccc3)C2=O)cc1. The van der Waals surface area contributed by atoms with E-state index in [2.05, 4.69) is 0 Å². The van der Waals surface area contributed by atoms with Gasteiger partial charge in [-0.3, -0.25) is 4.79 Å². The number of hydrogen-bond acceptors (Lipinski definition) is 2. The second kappa shape index (κ2) is 6.44. The molecule has 0 aliphatic heterocycles. The van der Waals surface area contributed by atoms with Gasteiger partial charge < -0.3 is 4.74 Å². The lowest BCUT2D eigenvalue weighted by Crippen LogP contribution is -1.95. The van der Waals surface area contributed by atoms with Gasteiger partial charge in [0.25, 0.3) is 0 Å². The molecule has 2 heteroatoms. The van der Waals surface area contributed by atoms with Crippen LogP contribution in [0.25, 0.3) is 12.2 Å². The summed E-state index contributed by atoms with van der Waals surface area (Å²) in [4.78, 5) is 12.5. The third-order valence-corrected chi connectivity index (χ3v) is 3.84. The number of carbonyl (C=O) groups excluding carboxylic acids is 1. The van der Waals surface area contributed by atoms with Gasteiger partial charge in [0.1, 0.15) is 5.75 Å². The van der Waals surface area contributed by atoms with Crippen LogP contribution in [0.5, 0.6) is 5.75 Å². The molecular weight excluding hydrogens is 272 g/mol. The second-order valence-electron chi connectivity index (χ2n) is 5.35. The molecule has 0 atom stereocenters. The number of benzene rings is 2. The number of methoxy groups -OCH3 is 1. The number of Topliss-reactive ketones (excluding diaryl/α,β-unsaturated/α-hetero) is 1. The van der Waals surface area contributed by atoms with Crippen molar-refractivity contribution in [2.75, 3.05) is 7.11 Å². The zero-order valence-corrected chi connectivity index (χ0v) is 12.6. The molecular formula is C20H18O2. The molecule has 1 fully saturated rings. The molecule has 0 spiro atoms. The Labute approximate surface area is 130 Å². The van der Waals surface area contributed by atoms with Gasteiger partial charge in [0.15, 0.2) is 5.78 Å². The summed E-state index contributed by atoms with van der Waals surface area (Å²) < 4.78 is 5.15. The topological polar surface area (TPSA) is 26.3 Å². The Balaban J connectivity index is 1.81. The minimum absolute atomic E-state index is 0.166. The third kappa shape index (κ3) is 3.17. The minimum atomic E-state index is 0.166. The minimum Gasteiger partial charge on any atom is -0.497 e. The predicted molar refractivity (Wildman–Crippen MR) is 89.6 cm³/mol. The number of ketones is 1. The lowest BCUT2D eigenvalue weighted by Gasteiger charge is -2.00. The predicted octanol–water partition coefficient (Wildman–Crippen LogP) is 4.53. The fraction of sp³-hybridized carbons (Fsp3) is 0.150. The summed E-state index contributed by atoms with van der Waals surface area (Å²) in [6.07, 6.45) is 5.60. The van der Waals surface area contributed by atoms with Crippen molar-refractivity contribution in [3.05, 3.63) is 76.9 Å². The average molecular weight is 290 g/mol. The summed E-state index contributed by atoms with van der Waals surface area (Å²) in [7, 11) is 1.65. The van der Waals surface area contributed by atoms with Crippen LogP contribution >= 0.6 is 0 Å². The molecule has 0 amide bonds. The van der Waals surface area contributed by atoms with Crippen molar-refractivity contribution in [2.45, 2.75) is 12.8 Å². The van der Waals surface area contributed by atoms with E-state index < -0.39 is 0 Å². The second-order valence-corrected chi connectivity index (χ2v) is 5.35. The molecule has 0 aromatic heterocycles. The molecule has 110 valence electrons. The number of allylic oxidation sites excluding steroid dienone is 2. The summed E-state index contributed by atoms with van der Waals surface area (Å²) in [5.41, 5.74) is 3.89. The monoisotopic (exact) mass is 290 g/mol. The van der Waals surface area contributed by atoms with Crippen molar-refractivity contribution < 1.29 is 9.53 Å². The third-order valence-electron chi connectivity index (χ3n) is 3.84. The van der Waals surface area contributed by atoms with Crippen LogP contribution in [-0.2, 0) is 4.79 Å². The van der Waals surface area contributed by atoms with Crippen LogP contribution in [0.15, 0.2) is 65.7 Å². The van der Waals surface area contributed by atoms with Gasteiger partial charge >= 0.3 is 0 Å². The number of carbonyl (C=O) groups is 1. The van der Waals surface area contributed by atoms with E-state index in [0.717, 1.165) is 40.9 Å². The molecule has 1 aliphatic carbocycles. The Bertz CT molecular complexity index is 722. The molecule has 0 unspecified atom stereocenters.